The highest BCUT2D eigenvalue weighted by Gasteiger charge is 2.39. The van der Waals surface area contributed by atoms with Crippen LogP contribution in [0.15, 0.2) is 48.5 Å². The summed E-state index contributed by atoms with van der Waals surface area (Å²) in [7, 11) is 1.60. The zero-order chi connectivity index (χ0) is 20.7. The molecule has 3 N–H and O–H groups in total. The van der Waals surface area contributed by atoms with Crippen LogP contribution in [0.2, 0.25) is 0 Å². The van der Waals surface area contributed by atoms with Crippen molar-refractivity contribution in [2.24, 2.45) is 5.41 Å². The Labute approximate surface area is 169 Å². The molecule has 0 saturated carbocycles. The van der Waals surface area contributed by atoms with E-state index in [1.165, 1.54) is 6.07 Å². The normalized spacial score (nSPS) is 15.5. The predicted molar refractivity (Wildman–Crippen MR) is 109 cm³/mol. The summed E-state index contributed by atoms with van der Waals surface area (Å²) >= 11 is 0. The SMILES string of the molecule is COCC1(C(=O)Nc2ccc(C(=O)NCc3ccccc3F)cc2)CCNCC1. The monoisotopic (exact) mass is 399 g/mol. The van der Waals surface area contributed by atoms with E-state index in [9.17, 15) is 14.0 Å². The molecule has 3 rings (SSSR count). The van der Waals surface area contributed by atoms with Crippen molar-refractivity contribution in [2.75, 3.05) is 32.1 Å². The van der Waals surface area contributed by atoms with Gasteiger partial charge < -0.3 is 20.7 Å². The summed E-state index contributed by atoms with van der Waals surface area (Å²) < 4.78 is 18.9. The second kappa shape index (κ2) is 9.62. The van der Waals surface area contributed by atoms with E-state index < -0.39 is 5.41 Å². The summed E-state index contributed by atoms with van der Waals surface area (Å²) in [4.78, 5) is 25.2. The number of piperidine rings is 1. The van der Waals surface area contributed by atoms with Crippen molar-refractivity contribution in [2.45, 2.75) is 19.4 Å². The Morgan fingerprint density at radius 1 is 1.10 bits per heavy atom. The Kier molecular flexibility index (Phi) is 6.95. The van der Waals surface area contributed by atoms with Crippen molar-refractivity contribution >= 4 is 17.5 Å². The van der Waals surface area contributed by atoms with E-state index in [0.29, 0.717) is 36.3 Å². The highest BCUT2D eigenvalue weighted by molar-refractivity contribution is 5.97. The molecule has 1 fully saturated rings. The summed E-state index contributed by atoms with van der Waals surface area (Å²) in [6.45, 7) is 2.03. The Morgan fingerprint density at radius 2 is 1.79 bits per heavy atom. The number of carbonyl (C=O) groups is 2. The average molecular weight is 399 g/mol. The van der Waals surface area contributed by atoms with E-state index in [1.54, 1.807) is 49.6 Å². The van der Waals surface area contributed by atoms with Crippen molar-refractivity contribution in [3.05, 3.63) is 65.5 Å². The summed E-state index contributed by atoms with van der Waals surface area (Å²) in [6.07, 6.45) is 1.42. The Balaban J connectivity index is 1.60. The van der Waals surface area contributed by atoms with Crippen molar-refractivity contribution in [3.63, 3.8) is 0 Å². The first kappa shape index (κ1) is 21.0. The molecule has 0 bridgehead atoms. The molecule has 1 aliphatic rings. The summed E-state index contributed by atoms with van der Waals surface area (Å²) in [5.74, 6) is -0.730. The maximum absolute atomic E-state index is 13.7. The molecule has 0 radical (unpaired) electrons. The second-order valence-corrected chi connectivity index (χ2v) is 7.27. The number of nitrogens with one attached hydrogen (secondary N) is 3. The first-order valence-corrected chi connectivity index (χ1v) is 9.67. The van der Waals surface area contributed by atoms with Gasteiger partial charge in [-0.25, -0.2) is 4.39 Å². The molecule has 0 aromatic heterocycles. The number of carbonyl (C=O) groups excluding carboxylic acids is 2. The van der Waals surface area contributed by atoms with Gasteiger partial charge in [0.05, 0.1) is 12.0 Å². The second-order valence-electron chi connectivity index (χ2n) is 7.27. The first-order chi connectivity index (χ1) is 14.0. The largest absolute Gasteiger partial charge is 0.384 e. The first-order valence-electron chi connectivity index (χ1n) is 9.67. The highest BCUT2D eigenvalue weighted by Crippen LogP contribution is 2.31. The molecule has 1 aliphatic heterocycles. The third kappa shape index (κ3) is 5.19. The Bertz CT molecular complexity index is 843. The van der Waals surface area contributed by atoms with Gasteiger partial charge in [-0.1, -0.05) is 18.2 Å². The predicted octanol–water partition coefficient (Wildman–Crippen LogP) is 2.71. The molecule has 0 spiro atoms. The fraction of sp³-hybridized carbons (Fsp3) is 0.364. The zero-order valence-corrected chi connectivity index (χ0v) is 16.5. The fourth-order valence-corrected chi connectivity index (χ4v) is 3.51. The molecule has 0 unspecified atom stereocenters. The molecule has 2 aromatic carbocycles. The van der Waals surface area contributed by atoms with Gasteiger partial charge in [0.25, 0.3) is 5.91 Å². The quantitative estimate of drug-likeness (QED) is 0.669. The van der Waals surface area contributed by atoms with E-state index >= 15 is 0 Å². The van der Waals surface area contributed by atoms with Crippen LogP contribution in [0.4, 0.5) is 10.1 Å². The van der Waals surface area contributed by atoms with E-state index in [-0.39, 0.29) is 24.2 Å². The third-order valence-corrected chi connectivity index (χ3v) is 5.27. The van der Waals surface area contributed by atoms with Crippen LogP contribution in [-0.4, -0.2) is 38.6 Å². The van der Waals surface area contributed by atoms with Gasteiger partial charge in [0.2, 0.25) is 5.91 Å². The summed E-state index contributed by atoms with van der Waals surface area (Å²) in [6, 6.07) is 13.0. The molecule has 0 atom stereocenters. The number of halogens is 1. The number of rotatable bonds is 7. The van der Waals surface area contributed by atoms with E-state index in [0.717, 1.165) is 13.1 Å². The van der Waals surface area contributed by atoms with Gasteiger partial charge in [0.1, 0.15) is 5.82 Å². The molecule has 29 heavy (non-hydrogen) atoms. The van der Waals surface area contributed by atoms with Gasteiger partial charge in [-0.15, -0.1) is 0 Å². The summed E-state index contributed by atoms with van der Waals surface area (Å²) in [5.41, 5.74) is 0.938. The van der Waals surface area contributed by atoms with Crippen LogP contribution in [0.3, 0.4) is 0 Å². The standard InChI is InChI=1S/C22H26FN3O3/c1-29-15-22(10-12-24-13-11-22)21(28)26-18-8-6-16(7-9-18)20(27)25-14-17-4-2-3-5-19(17)23/h2-9,24H,10-15H2,1H3,(H,25,27)(H,26,28). The smallest absolute Gasteiger partial charge is 0.251 e. The van der Waals surface area contributed by atoms with E-state index in [4.69, 9.17) is 4.74 Å². The van der Waals surface area contributed by atoms with Gasteiger partial charge in [-0.05, 0) is 56.3 Å². The highest BCUT2D eigenvalue weighted by atomic mass is 19.1. The van der Waals surface area contributed by atoms with E-state index in [1.807, 2.05) is 0 Å². The molecular weight excluding hydrogens is 373 g/mol. The fourth-order valence-electron chi connectivity index (χ4n) is 3.51. The molecule has 2 aromatic rings. The minimum Gasteiger partial charge on any atom is -0.384 e. The number of ether oxygens (including phenoxy) is 1. The molecular formula is C22H26FN3O3. The van der Waals surface area contributed by atoms with Gasteiger partial charge in [-0.2, -0.15) is 0 Å². The lowest BCUT2D eigenvalue weighted by Crippen LogP contribution is -2.47. The van der Waals surface area contributed by atoms with Crippen molar-refractivity contribution in [1.29, 1.82) is 0 Å². The molecule has 154 valence electrons. The molecule has 6 nitrogen and oxygen atoms in total. The van der Waals surface area contributed by atoms with Gasteiger partial charge in [-0.3, -0.25) is 9.59 Å². The minimum atomic E-state index is -0.546. The van der Waals surface area contributed by atoms with E-state index in [2.05, 4.69) is 16.0 Å². The molecule has 7 heteroatoms. The maximum Gasteiger partial charge on any atom is 0.251 e. The van der Waals surface area contributed by atoms with Crippen LogP contribution >= 0.6 is 0 Å². The lowest BCUT2D eigenvalue weighted by Gasteiger charge is -2.35. The van der Waals surface area contributed by atoms with Gasteiger partial charge in [0.15, 0.2) is 0 Å². The maximum atomic E-state index is 13.7. The van der Waals surface area contributed by atoms with Crippen molar-refractivity contribution in [1.82, 2.24) is 10.6 Å². The van der Waals surface area contributed by atoms with Gasteiger partial charge in [0, 0.05) is 30.5 Å². The number of anilines is 1. The molecule has 1 heterocycles. The average Bonchev–Trinajstić information content (AvgIpc) is 2.74. The number of amides is 2. The number of benzene rings is 2. The Hall–Kier alpha value is -2.77. The zero-order valence-electron chi connectivity index (χ0n) is 16.5. The van der Waals surface area contributed by atoms with Crippen LogP contribution in [-0.2, 0) is 16.1 Å². The van der Waals surface area contributed by atoms with Crippen LogP contribution in [0.25, 0.3) is 0 Å². The summed E-state index contributed by atoms with van der Waals surface area (Å²) in [5, 5.41) is 8.90. The number of hydrogen-bond acceptors (Lipinski definition) is 4. The van der Waals surface area contributed by atoms with Crippen LogP contribution in [0, 0.1) is 11.2 Å². The van der Waals surface area contributed by atoms with Crippen molar-refractivity contribution < 1.29 is 18.7 Å². The molecule has 0 aliphatic carbocycles. The van der Waals surface area contributed by atoms with Crippen molar-refractivity contribution in [3.8, 4) is 0 Å². The topological polar surface area (TPSA) is 79.5 Å². The number of methoxy groups -OCH3 is 1. The van der Waals surface area contributed by atoms with Gasteiger partial charge >= 0.3 is 0 Å². The minimum absolute atomic E-state index is 0.0717. The lowest BCUT2D eigenvalue weighted by molar-refractivity contribution is -0.130. The third-order valence-electron chi connectivity index (χ3n) is 5.27. The van der Waals surface area contributed by atoms with Crippen LogP contribution in [0.1, 0.15) is 28.8 Å². The lowest BCUT2D eigenvalue weighted by atomic mass is 9.78. The molecule has 2 amide bonds. The molecule has 1 saturated heterocycles. The number of hydrogen-bond donors (Lipinski definition) is 3. The Morgan fingerprint density at radius 3 is 2.45 bits per heavy atom. The van der Waals surface area contributed by atoms with Crippen LogP contribution in [0.5, 0.6) is 0 Å². The van der Waals surface area contributed by atoms with Crippen LogP contribution < -0.4 is 16.0 Å².